The van der Waals surface area contributed by atoms with Crippen molar-refractivity contribution >= 4 is 16.0 Å². The van der Waals surface area contributed by atoms with Crippen LogP contribution in [-0.4, -0.2) is 33.0 Å². The molecule has 0 radical (unpaired) electrons. The van der Waals surface area contributed by atoms with Gasteiger partial charge in [-0.05, 0) is 45.7 Å². The van der Waals surface area contributed by atoms with Crippen molar-refractivity contribution < 1.29 is 8.42 Å². The van der Waals surface area contributed by atoms with Crippen LogP contribution < -0.4 is 15.4 Å². The second-order valence-corrected chi connectivity index (χ2v) is 8.90. The van der Waals surface area contributed by atoms with Crippen LogP contribution >= 0.6 is 0 Å². The Balaban J connectivity index is 2.62. The minimum absolute atomic E-state index is 0.00780. The van der Waals surface area contributed by atoms with Crippen molar-refractivity contribution in [1.29, 1.82) is 0 Å². The smallest absolute Gasteiger partial charge is 0.216 e. The van der Waals surface area contributed by atoms with E-state index < -0.39 is 10.0 Å². The van der Waals surface area contributed by atoms with Crippen LogP contribution in [0.5, 0.6) is 0 Å². The molecule has 6 nitrogen and oxygen atoms in total. The summed E-state index contributed by atoms with van der Waals surface area (Å²) < 4.78 is 26.5. The van der Waals surface area contributed by atoms with E-state index in [0.717, 1.165) is 17.1 Å². The molecule has 0 amide bonds. The summed E-state index contributed by atoms with van der Waals surface area (Å²) in [4.78, 5) is 4.19. The average molecular weight is 355 g/mol. The predicted molar refractivity (Wildman–Crippen MR) is 100 cm³/mol. The molecule has 0 heterocycles. The van der Waals surface area contributed by atoms with Gasteiger partial charge in [0, 0.05) is 25.2 Å². The van der Waals surface area contributed by atoms with E-state index >= 15 is 0 Å². The predicted octanol–water partition coefficient (Wildman–Crippen LogP) is 1.98. The Hall–Kier alpha value is -1.60. The summed E-state index contributed by atoms with van der Waals surface area (Å²) in [7, 11) is -1.56. The highest BCUT2D eigenvalue weighted by atomic mass is 32.2. The largest absolute Gasteiger partial charge is 0.352 e. The van der Waals surface area contributed by atoms with Crippen molar-refractivity contribution in [1.82, 2.24) is 15.4 Å². The van der Waals surface area contributed by atoms with Gasteiger partial charge in [-0.2, -0.15) is 0 Å². The lowest BCUT2D eigenvalue weighted by molar-refractivity contribution is 0.501. The Labute approximate surface area is 146 Å². The Morgan fingerprint density at radius 3 is 2.12 bits per heavy atom. The van der Waals surface area contributed by atoms with Gasteiger partial charge < -0.3 is 10.6 Å². The SMILES string of the molecule is CN=C(NCc1ccc(CS(=O)(=O)NC(C)C)cc1)NC(C)(C)C. The first-order valence-electron chi connectivity index (χ1n) is 8.07. The first-order chi connectivity index (χ1) is 11.0. The third-order valence-corrected chi connectivity index (χ3v) is 4.52. The maximum Gasteiger partial charge on any atom is 0.216 e. The van der Waals surface area contributed by atoms with E-state index in [1.807, 2.05) is 38.1 Å². The van der Waals surface area contributed by atoms with Gasteiger partial charge in [-0.25, -0.2) is 13.1 Å². The highest BCUT2D eigenvalue weighted by Gasteiger charge is 2.13. The number of aliphatic imine (C=N–C) groups is 1. The molecule has 24 heavy (non-hydrogen) atoms. The van der Waals surface area contributed by atoms with Gasteiger partial charge in [0.15, 0.2) is 5.96 Å². The molecule has 1 aromatic rings. The molecule has 1 rings (SSSR count). The minimum Gasteiger partial charge on any atom is -0.352 e. The first-order valence-corrected chi connectivity index (χ1v) is 9.72. The summed E-state index contributed by atoms with van der Waals surface area (Å²) in [6.07, 6.45) is 0. The van der Waals surface area contributed by atoms with Crippen LogP contribution in [0.4, 0.5) is 0 Å². The fourth-order valence-corrected chi connectivity index (χ4v) is 3.53. The second-order valence-electron chi connectivity index (χ2n) is 7.15. The molecule has 0 spiro atoms. The normalized spacial score (nSPS) is 13.2. The Bertz CT molecular complexity index is 644. The Morgan fingerprint density at radius 1 is 1.12 bits per heavy atom. The zero-order chi connectivity index (χ0) is 18.4. The number of nitrogens with zero attached hydrogens (tertiary/aromatic N) is 1. The molecule has 0 saturated carbocycles. The molecule has 3 N–H and O–H groups in total. The van der Waals surface area contributed by atoms with Crippen molar-refractivity contribution in [2.75, 3.05) is 7.05 Å². The fraction of sp³-hybridized carbons (Fsp3) is 0.588. The van der Waals surface area contributed by atoms with Crippen molar-refractivity contribution in [3.8, 4) is 0 Å². The van der Waals surface area contributed by atoms with E-state index in [2.05, 4.69) is 41.1 Å². The number of hydrogen-bond donors (Lipinski definition) is 3. The molecule has 0 atom stereocenters. The summed E-state index contributed by atoms with van der Waals surface area (Å²) in [5.74, 6) is 0.724. The Kier molecular flexibility index (Phi) is 7.23. The zero-order valence-corrected chi connectivity index (χ0v) is 16.3. The standard InChI is InChI=1S/C17H30N4O2S/c1-13(2)21-24(22,23)12-15-9-7-14(8-10-15)11-19-16(18-6)20-17(3,4)5/h7-10,13,21H,11-12H2,1-6H3,(H2,18,19,20). The monoisotopic (exact) mass is 354 g/mol. The number of guanidine groups is 1. The molecule has 0 aliphatic heterocycles. The van der Waals surface area contributed by atoms with Gasteiger partial charge in [0.25, 0.3) is 0 Å². The van der Waals surface area contributed by atoms with Crippen LogP contribution in [0.3, 0.4) is 0 Å². The van der Waals surface area contributed by atoms with Gasteiger partial charge in [0.2, 0.25) is 10.0 Å². The summed E-state index contributed by atoms with van der Waals surface area (Å²) in [5.41, 5.74) is 1.76. The van der Waals surface area contributed by atoms with Gasteiger partial charge in [-0.15, -0.1) is 0 Å². The summed E-state index contributed by atoms with van der Waals surface area (Å²) in [6, 6.07) is 7.45. The molecule has 0 aromatic heterocycles. The lowest BCUT2D eigenvalue weighted by Gasteiger charge is -2.23. The van der Waals surface area contributed by atoms with E-state index in [1.54, 1.807) is 7.05 Å². The lowest BCUT2D eigenvalue weighted by Crippen LogP contribution is -2.47. The number of hydrogen-bond acceptors (Lipinski definition) is 3. The van der Waals surface area contributed by atoms with Crippen LogP contribution in [0.15, 0.2) is 29.3 Å². The molecule has 7 heteroatoms. The molecule has 0 aliphatic rings. The highest BCUT2D eigenvalue weighted by molar-refractivity contribution is 7.88. The van der Waals surface area contributed by atoms with Crippen molar-refractivity contribution in [2.45, 2.75) is 58.5 Å². The molecular formula is C17H30N4O2S. The molecule has 0 bridgehead atoms. The Morgan fingerprint density at radius 2 is 1.67 bits per heavy atom. The van der Waals surface area contributed by atoms with Crippen LogP contribution in [0.25, 0.3) is 0 Å². The first kappa shape index (κ1) is 20.4. The van der Waals surface area contributed by atoms with Crippen LogP contribution in [0.2, 0.25) is 0 Å². The molecular weight excluding hydrogens is 324 g/mol. The van der Waals surface area contributed by atoms with E-state index in [1.165, 1.54) is 0 Å². The summed E-state index contributed by atoms with van der Waals surface area (Å²) in [5, 5.41) is 6.53. The minimum atomic E-state index is -3.29. The third-order valence-electron chi connectivity index (χ3n) is 2.97. The number of rotatable bonds is 6. The maximum absolute atomic E-state index is 11.9. The molecule has 0 saturated heterocycles. The van der Waals surface area contributed by atoms with Gasteiger partial charge in [-0.3, -0.25) is 4.99 Å². The molecule has 1 aromatic carbocycles. The summed E-state index contributed by atoms with van der Waals surface area (Å²) in [6.45, 7) is 10.4. The van der Waals surface area contributed by atoms with Crippen molar-refractivity contribution in [2.24, 2.45) is 4.99 Å². The summed E-state index contributed by atoms with van der Waals surface area (Å²) >= 11 is 0. The van der Waals surface area contributed by atoms with E-state index in [0.29, 0.717) is 6.54 Å². The van der Waals surface area contributed by atoms with E-state index in [4.69, 9.17) is 0 Å². The number of benzene rings is 1. The average Bonchev–Trinajstić information content (AvgIpc) is 2.41. The second kappa shape index (κ2) is 8.48. The third kappa shape index (κ3) is 8.31. The van der Waals surface area contributed by atoms with Crippen molar-refractivity contribution in [3.63, 3.8) is 0 Å². The van der Waals surface area contributed by atoms with E-state index in [-0.39, 0.29) is 17.3 Å². The van der Waals surface area contributed by atoms with Crippen LogP contribution in [0.1, 0.15) is 45.7 Å². The molecule has 0 unspecified atom stereocenters. The topological polar surface area (TPSA) is 82.6 Å². The van der Waals surface area contributed by atoms with Gasteiger partial charge in [0.1, 0.15) is 0 Å². The number of nitrogens with one attached hydrogen (secondary N) is 3. The number of sulfonamides is 1. The molecule has 0 aliphatic carbocycles. The maximum atomic E-state index is 11.9. The lowest BCUT2D eigenvalue weighted by atomic mass is 10.1. The van der Waals surface area contributed by atoms with E-state index in [9.17, 15) is 8.42 Å². The van der Waals surface area contributed by atoms with Gasteiger partial charge in [0.05, 0.1) is 5.75 Å². The quantitative estimate of drug-likeness (QED) is 0.539. The van der Waals surface area contributed by atoms with Gasteiger partial charge >= 0.3 is 0 Å². The molecule has 136 valence electrons. The highest BCUT2D eigenvalue weighted by Crippen LogP contribution is 2.08. The molecule has 0 fully saturated rings. The fourth-order valence-electron chi connectivity index (χ4n) is 2.09. The van der Waals surface area contributed by atoms with Crippen LogP contribution in [-0.2, 0) is 22.3 Å². The van der Waals surface area contributed by atoms with Crippen molar-refractivity contribution in [3.05, 3.63) is 35.4 Å². The zero-order valence-electron chi connectivity index (χ0n) is 15.5. The van der Waals surface area contributed by atoms with Gasteiger partial charge in [-0.1, -0.05) is 24.3 Å². The van der Waals surface area contributed by atoms with Crippen LogP contribution in [0, 0.1) is 0 Å².